The molecular formula is C48H35N. The molecule has 1 heteroatoms. The third kappa shape index (κ3) is 4.69. The summed E-state index contributed by atoms with van der Waals surface area (Å²) in [4.78, 5) is 0. The lowest BCUT2D eigenvalue weighted by Crippen LogP contribution is -1.96. The molecule has 8 aromatic rings. The van der Waals surface area contributed by atoms with E-state index in [1.54, 1.807) is 0 Å². The van der Waals surface area contributed by atoms with Gasteiger partial charge in [0.1, 0.15) is 0 Å². The average Bonchev–Trinajstić information content (AvgIpc) is 3.70. The van der Waals surface area contributed by atoms with Crippen LogP contribution in [-0.4, -0.2) is 4.40 Å². The normalized spacial score (nSPS) is 14.9. The Labute approximate surface area is 286 Å². The molecule has 0 aliphatic heterocycles. The number of para-hydroxylation sites is 2. The molecule has 0 atom stereocenters. The van der Waals surface area contributed by atoms with Crippen molar-refractivity contribution in [3.63, 3.8) is 0 Å². The van der Waals surface area contributed by atoms with Gasteiger partial charge in [-0.2, -0.15) is 0 Å². The molecule has 0 amide bonds. The van der Waals surface area contributed by atoms with Crippen LogP contribution in [-0.2, 0) is 0 Å². The van der Waals surface area contributed by atoms with Gasteiger partial charge >= 0.3 is 0 Å². The smallest absolute Gasteiger partial charge is 0.0620 e. The predicted octanol–water partition coefficient (Wildman–Crippen LogP) is 13.2. The topological polar surface area (TPSA) is 4.41 Å². The van der Waals surface area contributed by atoms with Crippen LogP contribution in [0.3, 0.4) is 0 Å². The van der Waals surface area contributed by atoms with Crippen LogP contribution in [0.5, 0.6) is 0 Å². The van der Waals surface area contributed by atoms with Gasteiger partial charge in [-0.3, -0.25) is 0 Å². The maximum atomic E-state index is 2.45. The van der Waals surface area contributed by atoms with Crippen LogP contribution in [0, 0.1) is 0 Å². The number of rotatable bonds is 5. The summed E-state index contributed by atoms with van der Waals surface area (Å²) in [5.74, 6) is 0. The standard InChI is InChI=1S/C48H35N/c1-3-13-32(14-4-1)38-27-39(33-15-5-2-6-16-33)29-40(28-38)36-19-11-17-34(25-36)35-18-12-20-37(26-35)41-30-44-42-21-7-9-23-46(42)49-47-24-10-8-22-43(47)45(31-41)48(44)49/h1-5,7-10,12-15,18-31H,6,11,16-17H2. The van der Waals surface area contributed by atoms with Gasteiger partial charge in [-0.05, 0) is 130 Å². The third-order valence-electron chi connectivity index (χ3n) is 10.6. The molecule has 2 aliphatic rings. The summed E-state index contributed by atoms with van der Waals surface area (Å²) < 4.78 is 2.45. The van der Waals surface area contributed by atoms with Crippen LogP contribution in [0.4, 0.5) is 0 Å². The number of fused-ring (bicyclic) bond motifs is 6. The van der Waals surface area contributed by atoms with Crippen LogP contribution in [0.2, 0.25) is 0 Å². The van der Waals surface area contributed by atoms with E-state index in [0.29, 0.717) is 0 Å². The fourth-order valence-corrected chi connectivity index (χ4v) is 8.27. The van der Waals surface area contributed by atoms with Gasteiger partial charge in [0.15, 0.2) is 0 Å². The van der Waals surface area contributed by atoms with Crippen molar-refractivity contribution in [1.29, 1.82) is 0 Å². The minimum atomic E-state index is 1.04. The molecule has 0 bridgehead atoms. The van der Waals surface area contributed by atoms with E-state index in [9.17, 15) is 0 Å². The lowest BCUT2D eigenvalue weighted by molar-refractivity contribution is 1.05. The largest absolute Gasteiger partial charge is 0.308 e. The molecule has 2 aliphatic carbocycles. The van der Waals surface area contributed by atoms with Gasteiger partial charge in [0.05, 0.1) is 16.6 Å². The molecule has 232 valence electrons. The minimum Gasteiger partial charge on any atom is -0.308 e. The number of aromatic nitrogens is 1. The Morgan fingerprint density at radius 1 is 0.429 bits per heavy atom. The Morgan fingerprint density at radius 2 is 1.04 bits per heavy atom. The summed E-state index contributed by atoms with van der Waals surface area (Å²) in [7, 11) is 0. The summed E-state index contributed by atoms with van der Waals surface area (Å²) in [5, 5.41) is 5.27. The van der Waals surface area contributed by atoms with E-state index in [4.69, 9.17) is 0 Å². The third-order valence-corrected chi connectivity index (χ3v) is 10.6. The predicted molar refractivity (Wildman–Crippen MR) is 210 cm³/mol. The number of hydrogen-bond acceptors (Lipinski definition) is 0. The number of benzene rings is 6. The zero-order chi connectivity index (χ0) is 32.3. The second-order valence-electron chi connectivity index (χ2n) is 13.6. The highest BCUT2D eigenvalue weighted by atomic mass is 14.9. The van der Waals surface area contributed by atoms with Crippen molar-refractivity contribution in [2.24, 2.45) is 0 Å². The Bertz CT molecular complexity index is 2610. The Morgan fingerprint density at radius 3 is 1.80 bits per heavy atom. The summed E-state index contributed by atoms with van der Waals surface area (Å²) in [6.45, 7) is 0. The first kappa shape index (κ1) is 28.1. The molecular weight excluding hydrogens is 591 g/mol. The maximum Gasteiger partial charge on any atom is 0.0620 e. The van der Waals surface area contributed by atoms with Gasteiger partial charge in [0.2, 0.25) is 0 Å². The molecule has 0 spiro atoms. The molecule has 49 heavy (non-hydrogen) atoms. The number of nitrogens with zero attached hydrogens (tertiary/aromatic N) is 1. The van der Waals surface area contributed by atoms with E-state index in [-0.39, 0.29) is 0 Å². The molecule has 0 radical (unpaired) electrons. The minimum absolute atomic E-state index is 1.04. The Kier molecular flexibility index (Phi) is 6.52. The lowest BCUT2D eigenvalue weighted by atomic mass is 9.86. The van der Waals surface area contributed by atoms with E-state index in [1.807, 2.05) is 0 Å². The second-order valence-corrected chi connectivity index (χ2v) is 13.6. The second kappa shape index (κ2) is 11.4. The van der Waals surface area contributed by atoms with Crippen LogP contribution < -0.4 is 0 Å². The first-order chi connectivity index (χ1) is 24.3. The van der Waals surface area contributed by atoms with Crippen molar-refractivity contribution >= 4 is 54.8 Å². The first-order valence-corrected chi connectivity index (χ1v) is 17.5. The fourth-order valence-electron chi connectivity index (χ4n) is 8.27. The SMILES string of the molecule is C1=CCCC(c2cc(C3=CCCC(c4cccc(-c5cc6c7ccccc7n7c8ccccc8c(c5)c67)c4)=C3)cc(-c3ccccc3)c2)=C1. The molecule has 0 saturated carbocycles. The van der Waals surface area contributed by atoms with Gasteiger partial charge in [-0.1, -0.05) is 115 Å². The first-order valence-electron chi connectivity index (χ1n) is 17.5. The molecule has 2 aromatic heterocycles. The van der Waals surface area contributed by atoms with E-state index in [2.05, 4.69) is 168 Å². The molecule has 10 rings (SSSR count). The Balaban J connectivity index is 1.08. The molecule has 0 unspecified atom stereocenters. The van der Waals surface area contributed by atoms with Gasteiger partial charge in [-0.15, -0.1) is 0 Å². The highest BCUT2D eigenvalue weighted by Gasteiger charge is 2.19. The van der Waals surface area contributed by atoms with Crippen molar-refractivity contribution in [3.05, 3.63) is 181 Å². The quantitative estimate of drug-likeness (QED) is 0.179. The molecule has 0 N–H and O–H groups in total. The van der Waals surface area contributed by atoms with Crippen LogP contribution in [0.1, 0.15) is 42.4 Å². The molecule has 0 saturated heterocycles. The number of hydrogen-bond donors (Lipinski definition) is 0. The summed E-state index contributed by atoms with van der Waals surface area (Å²) in [6, 6.07) is 49.7. The summed E-state index contributed by atoms with van der Waals surface area (Å²) in [5.41, 5.74) is 17.0. The van der Waals surface area contributed by atoms with Gasteiger partial charge < -0.3 is 4.40 Å². The van der Waals surface area contributed by atoms with Crippen molar-refractivity contribution in [1.82, 2.24) is 4.40 Å². The van der Waals surface area contributed by atoms with Gasteiger partial charge in [0, 0.05) is 21.5 Å². The summed E-state index contributed by atoms with van der Waals surface area (Å²) >= 11 is 0. The maximum absolute atomic E-state index is 2.45. The highest BCUT2D eigenvalue weighted by Crippen LogP contribution is 2.42. The van der Waals surface area contributed by atoms with Crippen LogP contribution >= 0.6 is 0 Å². The summed E-state index contributed by atoms with van der Waals surface area (Å²) in [6.07, 6.45) is 15.9. The number of allylic oxidation sites excluding steroid dienone is 8. The van der Waals surface area contributed by atoms with Gasteiger partial charge in [0.25, 0.3) is 0 Å². The molecule has 0 fully saturated rings. The average molecular weight is 626 g/mol. The molecule has 1 nitrogen and oxygen atoms in total. The fraction of sp³-hybridized carbons (Fsp3) is 0.0833. The Hall–Kier alpha value is -5.92. The zero-order valence-electron chi connectivity index (χ0n) is 27.4. The lowest BCUT2D eigenvalue weighted by Gasteiger charge is -2.18. The van der Waals surface area contributed by atoms with Crippen LogP contribution in [0.15, 0.2) is 164 Å². The van der Waals surface area contributed by atoms with E-state index in [0.717, 1.165) is 25.7 Å². The van der Waals surface area contributed by atoms with Crippen molar-refractivity contribution in [2.75, 3.05) is 0 Å². The van der Waals surface area contributed by atoms with Crippen LogP contribution in [0.25, 0.3) is 77.1 Å². The van der Waals surface area contributed by atoms with Crippen molar-refractivity contribution in [3.8, 4) is 22.3 Å². The van der Waals surface area contributed by atoms with E-state index >= 15 is 0 Å². The highest BCUT2D eigenvalue weighted by molar-refractivity contribution is 6.24. The van der Waals surface area contributed by atoms with Gasteiger partial charge in [-0.25, -0.2) is 0 Å². The van der Waals surface area contributed by atoms with Crippen molar-refractivity contribution < 1.29 is 0 Å². The van der Waals surface area contributed by atoms with E-state index < -0.39 is 0 Å². The monoisotopic (exact) mass is 625 g/mol. The van der Waals surface area contributed by atoms with Crippen molar-refractivity contribution in [2.45, 2.75) is 25.7 Å². The molecule has 2 heterocycles. The zero-order valence-corrected chi connectivity index (χ0v) is 27.4. The van der Waals surface area contributed by atoms with E-state index in [1.165, 1.54) is 93.8 Å². The molecule has 6 aromatic carbocycles.